The van der Waals surface area contributed by atoms with E-state index in [1.54, 1.807) is 6.92 Å². The molecule has 0 saturated heterocycles. The van der Waals surface area contributed by atoms with Gasteiger partial charge in [-0.15, -0.1) is 0 Å². The monoisotopic (exact) mass is 411 g/mol. The van der Waals surface area contributed by atoms with Crippen molar-refractivity contribution < 1.29 is 24.2 Å². The molecule has 5 N–H and O–H groups in total. The number of carbonyl (C=O) groups excluding carboxylic acids is 2. The number of fused-ring (bicyclic) bond motifs is 3. The van der Waals surface area contributed by atoms with E-state index in [1.807, 2.05) is 48.5 Å². The summed E-state index contributed by atoms with van der Waals surface area (Å²) < 4.78 is 5.32. The van der Waals surface area contributed by atoms with E-state index in [4.69, 9.17) is 15.6 Å². The highest BCUT2D eigenvalue weighted by atomic mass is 16.6. The number of hydrogen-bond acceptors (Lipinski definition) is 5. The van der Waals surface area contributed by atoms with Gasteiger partial charge < -0.3 is 15.6 Å². The van der Waals surface area contributed by atoms with Crippen molar-refractivity contribution in [2.75, 3.05) is 6.61 Å². The highest BCUT2D eigenvalue weighted by molar-refractivity contribution is 5.80. The fourth-order valence-electron chi connectivity index (χ4n) is 3.60. The van der Waals surface area contributed by atoms with Crippen LogP contribution in [0.5, 0.6) is 0 Å². The molecule has 2 aromatic rings. The average molecular weight is 411 g/mol. The molecule has 2 atom stereocenters. The average Bonchev–Trinajstić information content (AvgIpc) is 3.07. The van der Waals surface area contributed by atoms with Gasteiger partial charge in [-0.1, -0.05) is 55.5 Å². The Morgan fingerprint density at radius 2 is 1.60 bits per heavy atom. The SMILES string of the molecule is C[C@@H](CCC(=O)NNC(=O)OCC1c2ccccc2-c2ccccc21)[C@H](N)C(=O)O. The highest BCUT2D eigenvalue weighted by Crippen LogP contribution is 2.44. The van der Waals surface area contributed by atoms with Crippen LogP contribution in [0.1, 0.15) is 36.8 Å². The van der Waals surface area contributed by atoms with Crippen LogP contribution in [0, 0.1) is 5.92 Å². The van der Waals surface area contributed by atoms with Crippen LogP contribution < -0.4 is 16.6 Å². The van der Waals surface area contributed by atoms with Crippen LogP contribution in [-0.4, -0.2) is 35.7 Å². The smallest absolute Gasteiger partial charge is 0.426 e. The van der Waals surface area contributed by atoms with Gasteiger partial charge in [-0.05, 0) is 34.6 Å². The molecular formula is C22H25N3O5. The Kier molecular flexibility index (Phi) is 6.68. The van der Waals surface area contributed by atoms with Crippen molar-refractivity contribution in [3.05, 3.63) is 59.7 Å². The molecule has 1 aliphatic carbocycles. The van der Waals surface area contributed by atoms with Crippen LogP contribution in [-0.2, 0) is 14.3 Å². The molecule has 3 rings (SSSR count). The van der Waals surface area contributed by atoms with Crippen LogP contribution >= 0.6 is 0 Å². The van der Waals surface area contributed by atoms with Crippen LogP contribution in [0.15, 0.2) is 48.5 Å². The number of hydrazine groups is 1. The zero-order chi connectivity index (χ0) is 21.7. The Bertz CT molecular complexity index is 900. The second kappa shape index (κ2) is 9.41. The number of carboxylic acid groups (broad SMARTS) is 1. The van der Waals surface area contributed by atoms with E-state index in [-0.39, 0.29) is 31.3 Å². The third-order valence-electron chi connectivity index (χ3n) is 5.37. The van der Waals surface area contributed by atoms with Crippen LogP contribution in [0.3, 0.4) is 0 Å². The number of ether oxygens (including phenoxy) is 1. The van der Waals surface area contributed by atoms with Crippen LogP contribution in [0.2, 0.25) is 0 Å². The number of rotatable bonds is 7. The predicted molar refractivity (Wildman–Crippen MR) is 110 cm³/mol. The predicted octanol–water partition coefficient (Wildman–Crippen LogP) is 2.38. The molecule has 0 spiro atoms. The molecule has 2 amide bonds. The molecule has 8 nitrogen and oxygen atoms in total. The summed E-state index contributed by atoms with van der Waals surface area (Å²) in [6.07, 6.45) is -0.446. The zero-order valence-corrected chi connectivity index (χ0v) is 16.6. The van der Waals surface area contributed by atoms with E-state index >= 15 is 0 Å². The molecule has 0 aromatic heterocycles. The van der Waals surface area contributed by atoms with Gasteiger partial charge in [-0.3, -0.25) is 15.0 Å². The molecule has 0 radical (unpaired) electrons. The van der Waals surface area contributed by atoms with E-state index in [1.165, 1.54) is 0 Å². The van der Waals surface area contributed by atoms with Gasteiger partial charge in [0.1, 0.15) is 12.6 Å². The van der Waals surface area contributed by atoms with Gasteiger partial charge in [0.15, 0.2) is 0 Å². The molecule has 2 aromatic carbocycles. The minimum Gasteiger partial charge on any atom is -0.480 e. The van der Waals surface area contributed by atoms with Crippen molar-refractivity contribution in [3.63, 3.8) is 0 Å². The number of amides is 2. The summed E-state index contributed by atoms with van der Waals surface area (Å²) in [5.74, 6) is -2.01. The second-order valence-electron chi connectivity index (χ2n) is 7.38. The number of hydrogen-bond donors (Lipinski definition) is 4. The maximum atomic E-state index is 12.0. The van der Waals surface area contributed by atoms with E-state index in [0.29, 0.717) is 0 Å². The van der Waals surface area contributed by atoms with Gasteiger partial charge >= 0.3 is 12.1 Å². The van der Waals surface area contributed by atoms with Crippen molar-refractivity contribution in [3.8, 4) is 11.1 Å². The van der Waals surface area contributed by atoms with Crippen molar-refractivity contribution in [2.45, 2.75) is 31.7 Å². The molecule has 0 heterocycles. The molecule has 0 saturated carbocycles. The summed E-state index contributed by atoms with van der Waals surface area (Å²) in [6.45, 7) is 1.80. The number of nitrogens with two attached hydrogens (primary N) is 1. The van der Waals surface area contributed by atoms with Gasteiger partial charge in [-0.2, -0.15) is 0 Å². The Morgan fingerprint density at radius 1 is 1.03 bits per heavy atom. The lowest BCUT2D eigenvalue weighted by Gasteiger charge is -2.16. The molecule has 1 aliphatic rings. The maximum absolute atomic E-state index is 12.0. The summed E-state index contributed by atoms with van der Waals surface area (Å²) in [5, 5.41) is 8.87. The lowest BCUT2D eigenvalue weighted by atomic mass is 9.97. The molecule has 0 bridgehead atoms. The third kappa shape index (κ3) is 4.77. The van der Waals surface area contributed by atoms with Gasteiger partial charge in [0.2, 0.25) is 5.91 Å². The number of carboxylic acids is 1. The van der Waals surface area contributed by atoms with Crippen LogP contribution in [0.25, 0.3) is 11.1 Å². The summed E-state index contributed by atoms with van der Waals surface area (Å²) in [4.78, 5) is 34.7. The van der Waals surface area contributed by atoms with E-state index in [2.05, 4.69) is 10.9 Å². The lowest BCUT2D eigenvalue weighted by molar-refractivity contribution is -0.140. The minimum absolute atomic E-state index is 0.0335. The molecule has 158 valence electrons. The Hall–Kier alpha value is -3.39. The van der Waals surface area contributed by atoms with Gasteiger partial charge in [-0.25, -0.2) is 10.2 Å². The molecule has 0 aliphatic heterocycles. The summed E-state index contributed by atoms with van der Waals surface area (Å²) in [6, 6.07) is 15.0. The minimum atomic E-state index is -1.11. The molecule has 0 unspecified atom stereocenters. The first-order valence-corrected chi connectivity index (χ1v) is 9.76. The van der Waals surface area contributed by atoms with Crippen molar-refractivity contribution in [2.24, 2.45) is 11.7 Å². The summed E-state index contributed by atoms with van der Waals surface area (Å²) in [7, 11) is 0. The zero-order valence-electron chi connectivity index (χ0n) is 16.6. The van der Waals surface area contributed by atoms with E-state index in [9.17, 15) is 14.4 Å². The quantitative estimate of drug-likeness (QED) is 0.518. The third-order valence-corrected chi connectivity index (χ3v) is 5.37. The molecular weight excluding hydrogens is 386 g/mol. The highest BCUT2D eigenvalue weighted by Gasteiger charge is 2.29. The topological polar surface area (TPSA) is 131 Å². The second-order valence-corrected chi connectivity index (χ2v) is 7.38. The molecule has 30 heavy (non-hydrogen) atoms. The van der Waals surface area contributed by atoms with E-state index in [0.717, 1.165) is 22.3 Å². The fourth-order valence-corrected chi connectivity index (χ4v) is 3.60. The number of nitrogens with one attached hydrogen (secondary N) is 2. The molecule has 8 heteroatoms. The maximum Gasteiger partial charge on any atom is 0.426 e. The Morgan fingerprint density at radius 3 is 2.17 bits per heavy atom. The van der Waals surface area contributed by atoms with Crippen molar-refractivity contribution in [1.29, 1.82) is 0 Å². The number of carbonyl (C=O) groups is 3. The summed E-state index contributed by atoms with van der Waals surface area (Å²) >= 11 is 0. The first-order chi connectivity index (χ1) is 14.4. The first kappa shape index (κ1) is 21.3. The van der Waals surface area contributed by atoms with Crippen LogP contribution in [0.4, 0.5) is 4.79 Å². The van der Waals surface area contributed by atoms with Gasteiger partial charge in [0.25, 0.3) is 0 Å². The largest absolute Gasteiger partial charge is 0.480 e. The number of benzene rings is 2. The first-order valence-electron chi connectivity index (χ1n) is 9.76. The number of aliphatic carboxylic acids is 1. The lowest BCUT2D eigenvalue weighted by Crippen LogP contribution is -2.43. The standard InChI is InChI=1S/C22H25N3O5/c1-13(20(23)21(27)28)10-11-19(26)24-25-22(29)30-12-18-16-8-4-2-6-14(16)15-7-3-5-9-17(15)18/h2-9,13,18,20H,10-12,23H2,1H3,(H,24,26)(H,25,29)(H,27,28)/t13-,20-/m0/s1. The van der Waals surface area contributed by atoms with E-state index < -0.39 is 24.0 Å². The fraction of sp³-hybridized carbons (Fsp3) is 0.318. The van der Waals surface area contributed by atoms with Crippen molar-refractivity contribution >= 4 is 18.0 Å². The molecule has 0 fully saturated rings. The van der Waals surface area contributed by atoms with Crippen molar-refractivity contribution in [1.82, 2.24) is 10.9 Å². The summed E-state index contributed by atoms with van der Waals surface area (Å²) in [5.41, 5.74) is 14.5. The van der Waals surface area contributed by atoms with Gasteiger partial charge in [0, 0.05) is 12.3 Å². The normalized spacial score (nSPS) is 14.2. The Labute approximate surface area is 174 Å². The Balaban J connectivity index is 1.47. The van der Waals surface area contributed by atoms with Gasteiger partial charge in [0.05, 0.1) is 0 Å².